The molecule has 20 heavy (non-hydrogen) atoms. The van der Waals surface area contributed by atoms with E-state index in [1.807, 2.05) is 6.07 Å². The minimum absolute atomic E-state index is 0.0166. The molecule has 0 aliphatic carbocycles. The fourth-order valence-corrected chi connectivity index (χ4v) is 2.14. The Balaban J connectivity index is 2.51. The molecule has 0 aliphatic heterocycles. The van der Waals surface area contributed by atoms with E-state index in [1.165, 1.54) is 18.2 Å². The first-order valence-corrected chi connectivity index (χ1v) is 6.50. The second-order valence-electron chi connectivity index (χ2n) is 3.70. The van der Waals surface area contributed by atoms with Gasteiger partial charge in [0.1, 0.15) is 17.4 Å². The minimum Gasteiger partial charge on any atom is -0.449 e. The Labute approximate surface area is 127 Å². The molecule has 0 radical (unpaired) electrons. The highest BCUT2D eigenvalue weighted by Gasteiger charge is 2.18. The van der Waals surface area contributed by atoms with Crippen LogP contribution in [0.4, 0.5) is 5.69 Å². The van der Waals surface area contributed by atoms with Crippen LogP contribution in [0.25, 0.3) is 0 Å². The summed E-state index contributed by atoms with van der Waals surface area (Å²) in [5.41, 5.74) is 0.0278. The van der Waals surface area contributed by atoms with Crippen molar-refractivity contribution in [3.8, 4) is 17.6 Å². The zero-order chi connectivity index (χ0) is 14.7. The number of rotatable bonds is 3. The summed E-state index contributed by atoms with van der Waals surface area (Å²) in [5.74, 6) is 0.198. The van der Waals surface area contributed by atoms with Crippen LogP contribution < -0.4 is 4.74 Å². The number of hydrogen-bond acceptors (Lipinski definition) is 4. The smallest absolute Gasteiger partial charge is 0.311 e. The zero-order valence-electron chi connectivity index (χ0n) is 9.84. The number of nitriles is 1. The standard InChI is InChI=1S/C13H6BrClN2O3/c14-10-2-1-3-12(9(10)7-16)20-13-6-8(15)4-5-11(13)17(18)19/h1-6H. The third-order valence-corrected chi connectivity index (χ3v) is 3.32. The summed E-state index contributed by atoms with van der Waals surface area (Å²) >= 11 is 9.04. The lowest BCUT2D eigenvalue weighted by Crippen LogP contribution is -1.95. The van der Waals surface area contributed by atoms with Crippen LogP contribution in [0.3, 0.4) is 0 Å². The van der Waals surface area contributed by atoms with Crippen LogP contribution in [-0.4, -0.2) is 4.92 Å². The molecule has 0 N–H and O–H groups in total. The summed E-state index contributed by atoms with van der Waals surface area (Å²) in [5, 5.41) is 20.3. The molecule has 0 aliphatic rings. The van der Waals surface area contributed by atoms with Gasteiger partial charge in [-0.15, -0.1) is 0 Å². The fraction of sp³-hybridized carbons (Fsp3) is 0. The van der Waals surface area contributed by atoms with E-state index in [1.54, 1.807) is 18.2 Å². The number of halogens is 2. The SMILES string of the molecule is N#Cc1c(Br)cccc1Oc1cc(Cl)ccc1[N+](=O)[O-]. The van der Waals surface area contributed by atoms with Gasteiger partial charge in [0.25, 0.3) is 0 Å². The molecule has 0 unspecified atom stereocenters. The molecule has 0 saturated carbocycles. The number of benzene rings is 2. The molecule has 100 valence electrons. The second kappa shape index (κ2) is 5.90. The molecule has 5 nitrogen and oxygen atoms in total. The van der Waals surface area contributed by atoms with E-state index in [0.717, 1.165) is 0 Å². The quantitative estimate of drug-likeness (QED) is 0.593. The van der Waals surface area contributed by atoms with Crippen LogP contribution in [-0.2, 0) is 0 Å². The summed E-state index contributed by atoms with van der Waals surface area (Å²) < 4.78 is 6.02. The van der Waals surface area contributed by atoms with Gasteiger partial charge in [-0.25, -0.2) is 0 Å². The summed E-state index contributed by atoms with van der Waals surface area (Å²) in [6.45, 7) is 0. The van der Waals surface area contributed by atoms with Gasteiger partial charge in [-0.1, -0.05) is 17.7 Å². The molecule has 0 atom stereocenters. The Morgan fingerprint density at radius 3 is 2.70 bits per heavy atom. The first-order valence-electron chi connectivity index (χ1n) is 5.33. The molecule has 0 spiro atoms. The lowest BCUT2D eigenvalue weighted by Gasteiger charge is -2.09. The lowest BCUT2D eigenvalue weighted by molar-refractivity contribution is -0.385. The van der Waals surface area contributed by atoms with Crippen molar-refractivity contribution in [3.63, 3.8) is 0 Å². The average molecular weight is 354 g/mol. The van der Waals surface area contributed by atoms with Crippen LogP contribution in [0.15, 0.2) is 40.9 Å². The van der Waals surface area contributed by atoms with Crippen molar-refractivity contribution < 1.29 is 9.66 Å². The van der Waals surface area contributed by atoms with Crippen molar-refractivity contribution in [2.45, 2.75) is 0 Å². The Morgan fingerprint density at radius 2 is 2.05 bits per heavy atom. The first-order chi connectivity index (χ1) is 9.52. The van der Waals surface area contributed by atoms with E-state index in [4.69, 9.17) is 21.6 Å². The monoisotopic (exact) mass is 352 g/mol. The first kappa shape index (κ1) is 14.3. The van der Waals surface area contributed by atoms with E-state index in [-0.39, 0.29) is 22.7 Å². The predicted molar refractivity (Wildman–Crippen MR) is 77.0 cm³/mol. The maximum atomic E-state index is 11.0. The van der Waals surface area contributed by atoms with Crippen LogP contribution >= 0.6 is 27.5 Å². The Bertz CT molecular complexity index is 728. The van der Waals surface area contributed by atoms with Gasteiger partial charge >= 0.3 is 5.69 Å². The van der Waals surface area contributed by atoms with Crippen molar-refractivity contribution in [1.82, 2.24) is 0 Å². The van der Waals surface area contributed by atoms with Gasteiger partial charge in [0, 0.05) is 21.6 Å². The Hall–Kier alpha value is -2.10. The summed E-state index contributed by atoms with van der Waals surface area (Å²) in [6, 6.07) is 10.9. The number of nitro groups is 1. The van der Waals surface area contributed by atoms with E-state index in [9.17, 15) is 10.1 Å². The van der Waals surface area contributed by atoms with Crippen molar-refractivity contribution in [3.05, 3.63) is 61.6 Å². The van der Waals surface area contributed by atoms with Crippen molar-refractivity contribution >= 4 is 33.2 Å². The molecular weight excluding hydrogens is 348 g/mol. The van der Waals surface area contributed by atoms with Crippen molar-refractivity contribution in [1.29, 1.82) is 5.26 Å². The maximum Gasteiger partial charge on any atom is 0.311 e. The van der Waals surface area contributed by atoms with Gasteiger partial charge in [0.15, 0.2) is 0 Å². The molecule has 7 heteroatoms. The van der Waals surface area contributed by atoms with Crippen LogP contribution in [0.1, 0.15) is 5.56 Å². The normalized spacial score (nSPS) is 9.85. The molecule has 0 saturated heterocycles. The lowest BCUT2D eigenvalue weighted by atomic mass is 10.2. The summed E-state index contributed by atoms with van der Waals surface area (Å²) in [7, 11) is 0. The van der Waals surface area contributed by atoms with E-state index < -0.39 is 4.92 Å². The predicted octanol–water partition coefficient (Wildman–Crippen LogP) is 4.67. The van der Waals surface area contributed by atoms with Crippen molar-refractivity contribution in [2.24, 2.45) is 0 Å². The molecule has 0 heterocycles. The highest BCUT2D eigenvalue weighted by molar-refractivity contribution is 9.10. The summed E-state index contributed by atoms with van der Waals surface area (Å²) in [4.78, 5) is 10.4. The largest absolute Gasteiger partial charge is 0.449 e. The third kappa shape index (κ3) is 2.90. The minimum atomic E-state index is -0.574. The Kier molecular flexibility index (Phi) is 4.23. The van der Waals surface area contributed by atoms with Crippen LogP contribution in [0.2, 0.25) is 5.02 Å². The van der Waals surface area contributed by atoms with Gasteiger partial charge in [-0.3, -0.25) is 10.1 Å². The highest BCUT2D eigenvalue weighted by Crippen LogP contribution is 2.36. The molecule has 0 aromatic heterocycles. The van der Waals surface area contributed by atoms with Crippen LogP contribution in [0, 0.1) is 21.4 Å². The fourth-order valence-electron chi connectivity index (χ4n) is 1.54. The maximum absolute atomic E-state index is 11.0. The molecular formula is C13H6BrClN2O3. The second-order valence-corrected chi connectivity index (χ2v) is 4.99. The third-order valence-electron chi connectivity index (χ3n) is 2.43. The number of nitro benzene ring substituents is 1. The summed E-state index contributed by atoms with van der Waals surface area (Å²) in [6.07, 6.45) is 0. The molecule has 0 bridgehead atoms. The molecule has 2 rings (SSSR count). The van der Waals surface area contributed by atoms with E-state index in [2.05, 4.69) is 15.9 Å². The number of ether oxygens (including phenoxy) is 1. The molecule has 2 aromatic carbocycles. The topological polar surface area (TPSA) is 76.2 Å². The van der Waals surface area contributed by atoms with Gasteiger partial charge in [-0.05, 0) is 34.1 Å². The van der Waals surface area contributed by atoms with E-state index >= 15 is 0 Å². The Morgan fingerprint density at radius 1 is 1.30 bits per heavy atom. The highest BCUT2D eigenvalue weighted by atomic mass is 79.9. The molecule has 0 fully saturated rings. The number of nitrogens with zero attached hydrogens (tertiary/aromatic N) is 2. The van der Waals surface area contributed by atoms with Gasteiger partial charge < -0.3 is 4.74 Å². The van der Waals surface area contributed by atoms with E-state index in [0.29, 0.717) is 9.50 Å². The van der Waals surface area contributed by atoms with Gasteiger partial charge in [-0.2, -0.15) is 5.26 Å². The van der Waals surface area contributed by atoms with Gasteiger partial charge in [0.2, 0.25) is 5.75 Å². The zero-order valence-corrected chi connectivity index (χ0v) is 12.2. The van der Waals surface area contributed by atoms with Crippen LogP contribution in [0.5, 0.6) is 11.5 Å². The number of hydrogen-bond donors (Lipinski definition) is 0. The molecule has 2 aromatic rings. The van der Waals surface area contributed by atoms with Crippen molar-refractivity contribution in [2.75, 3.05) is 0 Å². The average Bonchev–Trinajstić information content (AvgIpc) is 2.38. The van der Waals surface area contributed by atoms with Gasteiger partial charge in [0.05, 0.1) is 4.92 Å². The molecule has 0 amide bonds.